The minimum absolute atomic E-state index is 0.171. The van der Waals surface area contributed by atoms with Crippen molar-refractivity contribution in [3.8, 4) is 17.0 Å². The Morgan fingerprint density at radius 2 is 1.90 bits per heavy atom. The number of benzene rings is 2. The molecular weight excluding hydrogens is 408 g/mol. The number of piperazine rings is 1. The molecule has 0 N–H and O–H groups in total. The van der Waals surface area contributed by atoms with E-state index in [0.717, 1.165) is 34.1 Å². The summed E-state index contributed by atoms with van der Waals surface area (Å²) in [6.07, 6.45) is 0. The summed E-state index contributed by atoms with van der Waals surface area (Å²) < 4.78 is 31.8. The molecule has 5 nitrogen and oxygen atoms in total. The molecule has 1 amide bonds. The van der Waals surface area contributed by atoms with Crippen molar-refractivity contribution < 1.29 is 18.3 Å². The van der Waals surface area contributed by atoms with Gasteiger partial charge in [-0.2, -0.15) is 0 Å². The maximum atomic E-state index is 13.4. The Morgan fingerprint density at radius 1 is 1.10 bits per heavy atom. The Morgan fingerprint density at radius 3 is 2.63 bits per heavy atom. The molecule has 2 aromatic carbocycles. The number of thiazole rings is 1. The maximum absolute atomic E-state index is 13.4. The van der Waals surface area contributed by atoms with E-state index >= 15 is 0 Å². The molecule has 2 heterocycles. The van der Waals surface area contributed by atoms with Gasteiger partial charge in [0.25, 0.3) is 5.91 Å². The number of carbonyl (C=O) groups excluding carboxylic acids is 1. The summed E-state index contributed by atoms with van der Waals surface area (Å²) in [6.45, 7) is 3.17. The molecule has 0 radical (unpaired) electrons. The van der Waals surface area contributed by atoms with Crippen molar-refractivity contribution in [1.29, 1.82) is 0 Å². The zero-order valence-electron chi connectivity index (χ0n) is 16.5. The average molecular weight is 429 g/mol. The number of rotatable bonds is 5. The Labute approximate surface area is 177 Å². The largest absolute Gasteiger partial charge is 0.497 e. The van der Waals surface area contributed by atoms with E-state index in [-0.39, 0.29) is 11.5 Å². The van der Waals surface area contributed by atoms with E-state index in [9.17, 15) is 13.6 Å². The van der Waals surface area contributed by atoms with Gasteiger partial charge in [0, 0.05) is 42.7 Å². The lowest BCUT2D eigenvalue weighted by atomic mass is 10.1. The van der Waals surface area contributed by atoms with Crippen LogP contribution in [0.4, 0.5) is 8.78 Å². The molecule has 4 rings (SSSR count). The highest BCUT2D eigenvalue weighted by atomic mass is 32.1. The van der Waals surface area contributed by atoms with Crippen molar-refractivity contribution in [2.45, 2.75) is 6.54 Å². The summed E-state index contributed by atoms with van der Waals surface area (Å²) in [6, 6.07) is 11.1. The van der Waals surface area contributed by atoms with Crippen molar-refractivity contribution in [2.24, 2.45) is 0 Å². The van der Waals surface area contributed by atoms with Crippen molar-refractivity contribution in [1.82, 2.24) is 14.8 Å². The first-order chi connectivity index (χ1) is 14.5. The van der Waals surface area contributed by atoms with E-state index in [1.165, 1.54) is 6.07 Å². The van der Waals surface area contributed by atoms with Crippen LogP contribution in [0.5, 0.6) is 5.75 Å². The predicted octanol–water partition coefficient (Wildman–Crippen LogP) is 4.05. The highest BCUT2D eigenvalue weighted by molar-refractivity contribution is 7.09. The number of ether oxygens (including phenoxy) is 1. The van der Waals surface area contributed by atoms with Crippen LogP contribution in [0.3, 0.4) is 0 Å². The SMILES string of the molecule is COc1cccc(-c2csc(CN3CCN(C(=O)c4ccc(F)c(F)c4)CC3)n2)c1. The Bertz CT molecular complexity index is 1050. The number of halogens is 2. The molecule has 1 fully saturated rings. The van der Waals surface area contributed by atoms with Crippen LogP contribution in [0.15, 0.2) is 47.8 Å². The van der Waals surface area contributed by atoms with Gasteiger partial charge >= 0.3 is 0 Å². The molecule has 1 aromatic heterocycles. The second kappa shape index (κ2) is 8.89. The molecule has 0 spiro atoms. The minimum Gasteiger partial charge on any atom is -0.497 e. The van der Waals surface area contributed by atoms with Gasteiger partial charge in [-0.05, 0) is 30.3 Å². The monoisotopic (exact) mass is 429 g/mol. The predicted molar refractivity (Wildman–Crippen MR) is 112 cm³/mol. The van der Waals surface area contributed by atoms with Gasteiger partial charge in [0.05, 0.1) is 19.3 Å². The van der Waals surface area contributed by atoms with Crippen LogP contribution < -0.4 is 4.74 Å². The second-order valence-corrected chi connectivity index (χ2v) is 8.00. The first-order valence-electron chi connectivity index (χ1n) is 9.59. The van der Waals surface area contributed by atoms with Crippen LogP contribution in [0.2, 0.25) is 0 Å². The fraction of sp³-hybridized carbons (Fsp3) is 0.273. The zero-order chi connectivity index (χ0) is 21.1. The number of amides is 1. The van der Waals surface area contributed by atoms with Crippen LogP contribution in [0, 0.1) is 11.6 Å². The molecule has 1 aliphatic rings. The number of hydrogen-bond donors (Lipinski definition) is 0. The zero-order valence-corrected chi connectivity index (χ0v) is 17.3. The number of aromatic nitrogens is 1. The summed E-state index contributed by atoms with van der Waals surface area (Å²) in [5.74, 6) is -1.43. The highest BCUT2D eigenvalue weighted by Gasteiger charge is 2.23. The normalized spacial score (nSPS) is 14.7. The van der Waals surface area contributed by atoms with Crippen molar-refractivity contribution >= 4 is 17.2 Å². The van der Waals surface area contributed by atoms with E-state index in [2.05, 4.69) is 4.90 Å². The first kappa shape index (κ1) is 20.4. The van der Waals surface area contributed by atoms with Gasteiger partial charge in [0.1, 0.15) is 10.8 Å². The highest BCUT2D eigenvalue weighted by Crippen LogP contribution is 2.26. The molecule has 1 saturated heterocycles. The molecule has 30 heavy (non-hydrogen) atoms. The van der Waals surface area contributed by atoms with Gasteiger partial charge < -0.3 is 9.64 Å². The lowest BCUT2D eigenvalue weighted by Crippen LogP contribution is -2.48. The van der Waals surface area contributed by atoms with Gasteiger partial charge in [-0.25, -0.2) is 13.8 Å². The minimum atomic E-state index is -1.00. The van der Waals surface area contributed by atoms with Gasteiger partial charge in [0.2, 0.25) is 0 Å². The van der Waals surface area contributed by atoms with E-state index < -0.39 is 11.6 Å². The summed E-state index contributed by atoms with van der Waals surface area (Å²) in [5, 5.41) is 3.04. The van der Waals surface area contributed by atoms with Crippen LogP contribution in [-0.2, 0) is 6.54 Å². The lowest BCUT2D eigenvalue weighted by molar-refractivity contribution is 0.0628. The molecule has 0 unspecified atom stereocenters. The van der Waals surface area contributed by atoms with E-state index in [1.54, 1.807) is 23.3 Å². The van der Waals surface area contributed by atoms with Crippen LogP contribution in [-0.4, -0.2) is 54.0 Å². The smallest absolute Gasteiger partial charge is 0.254 e. The van der Waals surface area contributed by atoms with Gasteiger partial charge in [-0.3, -0.25) is 9.69 Å². The molecule has 8 heteroatoms. The molecule has 156 valence electrons. The second-order valence-electron chi connectivity index (χ2n) is 7.06. The molecule has 1 aliphatic heterocycles. The Hall–Kier alpha value is -2.84. The van der Waals surface area contributed by atoms with Gasteiger partial charge in [-0.15, -0.1) is 11.3 Å². The molecular formula is C22H21F2N3O2S. The van der Waals surface area contributed by atoms with E-state index in [1.807, 2.05) is 29.6 Å². The van der Waals surface area contributed by atoms with Gasteiger partial charge in [0.15, 0.2) is 11.6 Å². The quantitative estimate of drug-likeness (QED) is 0.614. The number of methoxy groups -OCH3 is 1. The summed E-state index contributed by atoms with van der Waals surface area (Å²) >= 11 is 1.61. The number of carbonyl (C=O) groups is 1. The topological polar surface area (TPSA) is 45.7 Å². The number of hydrogen-bond acceptors (Lipinski definition) is 5. The molecule has 0 saturated carbocycles. The molecule has 3 aromatic rings. The Kier molecular flexibility index (Phi) is 6.06. The first-order valence-corrected chi connectivity index (χ1v) is 10.5. The summed E-state index contributed by atoms with van der Waals surface area (Å²) in [4.78, 5) is 21.2. The lowest BCUT2D eigenvalue weighted by Gasteiger charge is -2.34. The third-order valence-corrected chi connectivity index (χ3v) is 5.94. The fourth-order valence-corrected chi connectivity index (χ4v) is 4.26. The van der Waals surface area contributed by atoms with E-state index in [0.29, 0.717) is 32.7 Å². The molecule has 0 bridgehead atoms. The van der Waals surface area contributed by atoms with Crippen LogP contribution in [0.1, 0.15) is 15.4 Å². The Balaban J connectivity index is 1.34. The van der Waals surface area contributed by atoms with Crippen LogP contribution in [0.25, 0.3) is 11.3 Å². The van der Waals surface area contributed by atoms with Crippen molar-refractivity contribution in [3.05, 3.63) is 70.1 Å². The van der Waals surface area contributed by atoms with Crippen LogP contribution >= 0.6 is 11.3 Å². The third kappa shape index (κ3) is 4.49. The van der Waals surface area contributed by atoms with E-state index in [4.69, 9.17) is 9.72 Å². The molecule has 0 aliphatic carbocycles. The summed E-state index contributed by atoms with van der Waals surface area (Å²) in [5.41, 5.74) is 2.10. The van der Waals surface area contributed by atoms with Gasteiger partial charge in [-0.1, -0.05) is 12.1 Å². The third-order valence-electron chi connectivity index (χ3n) is 5.10. The average Bonchev–Trinajstić information content (AvgIpc) is 3.24. The molecule has 0 atom stereocenters. The standard InChI is InChI=1S/C22H21F2N3O2S/c1-29-17-4-2-3-15(11-17)20-14-30-21(25-20)13-26-7-9-27(10-8-26)22(28)16-5-6-18(23)19(24)12-16/h2-6,11-12,14H,7-10,13H2,1H3. The van der Waals surface area contributed by atoms with Crippen molar-refractivity contribution in [3.63, 3.8) is 0 Å². The van der Waals surface area contributed by atoms with Crippen molar-refractivity contribution in [2.75, 3.05) is 33.3 Å². The fourth-order valence-electron chi connectivity index (χ4n) is 3.41. The number of nitrogens with zero attached hydrogens (tertiary/aromatic N) is 3. The summed E-state index contributed by atoms with van der Waals surface area (Å²) in [7, 11) is 1.64. The maximum Gasteiger partial charge on any atom is 0.254 e.